The van der Waals surface area contributed by atoms with Crippen molar-refractivity contribution in [2.75, 3.05) is 11.9 Å². The van der Waals surface area contributed by atoms with E-state index >= 15 is 0 Å². The van der Waals surface area contributed by atoms with E-state index in [4.69, 9.17) is 11.6 Å². The number of anilines is 1. The summed E-state index contributed by atoms with van der Waals surface area (Å²) in [5.41, 5.74) is 2.40. The van der Waals surface area contributed by atoms with E-state index in [-0.39, 0.29) is 0 Å². The van der Waals surface area contributed by atoms with Crippen LogP contribution in [0.3, 0.4) is 0 Å². The lowest BCUT2D eigenvalue weighted by Gasteiger charge is -2.40. The molecule has 2 aliphatic rings. The van der Waals surface area contributed by atoms with Gasteiger partial charge in [0.1, 0.15) is 0 Å². The third-order valence-corrected chi connectivity index (χ3v) is 5.55. The quantitative estimate of drug-likeness (QED) is 0.841. The SMILES string of the molecule is Cc1cccc(Cl)c1NC1CCCCC1C1CCCCN1. The Bertz CT molecular complexity index is 448. The minimum Gasteiger partial charge on any atom is -0.381 e. The number of rotatable bonds is 3. The van der Waals surface area contributed by atoms with Gasteiger partial charge in [0, 0.05) is 12.1 Å². The highest BCUT2D eigenvalue weighted by Gasteiger charge is 2.32. The van der Waals surface area contributed by atoms with Gasteiger partial charge in [-0.3, -0.25) is 0 Å². The molecule has 1 aliphatic carbocycles. The van der Waals surface area contributed by atoms with E-state index in [1.807, 2.05) is 12.1 Å². The van der Waals surface area contributed by atoms with Crippen molar-refractivity contribution >= 4 is 17.3 Å². The number of piperidine rings is 1. The number of halogens is 1. The zero-order chi connectivity index (χ0) is 14.7. The monoisotopic (exact) mass is 306 g/mol. The second-order valence-electron chi connectivity index (χ2n) is 6.69. The Kier molecular flexibility index (Phi) is 5.07. The van der Waals surface area contributed by atoms with Gasteiger partial charge in [-0.25, -0.2) is 0 Å². The fraction of sp³-hybridized carbons (Fsp3) is 0.667. The Labute approximate surface area is 133 Å². The third-order valence-electron chi connectivity index (χ3n) is 5.24. The Morgan fingerprint density at radius 3 is 2.67 bits per heavy atom. The summed E-state index contributed by atoms with van der Waals surface area (Å²) < 4.78 is 0. The van der Waals surface area contributed by atoms with Crippen LogP contribution in [0.25, 0.3) is 0 Å². The molecule has 2 nitrogen and oxygen atoms in total. The maximum Gasteiger partial charge on any atom is 0.0640 e. The summed E-state index contributed by atoms with van der Waals surface area (Å²) in [5.74, 6) is 0.745. The zero-order valence-corrected chi connectivity index (χ0v) is 13.8. The summed E-state index contributed by atoms with van der Waals surface area (Å²) >= 11 is 6.40. The number of hydrogen-bond acceptors (Lipinski definition) is 2. The van der Waals surface area contributed by atoms with E-state index < -0.39 is 0 Å². The van der Waals surface area contributed by atoms with Gasteiger partial charge in [-0.1, -0.05) is 43.0 Å². The van der Waals surface area contributed by atoms with E-state index in [1.165, 1.54) is 57.1 Å². The molecule has 0 bridgehead atoms. The summed E-state index contributed by atoms with van der Waals surface area (Å²) in [5, 5.41) is 8.41. The maximum atomic E-state index is 6.40. The van der Waals surface area contributed by atoms with Crippen LogP contribution >= 0.6 is 11.6 Å². The van der Waals surface area contributed by atoms with E-state index in [0.717, 1.165) is 16.6 Å². The molecule has 3 unspecified atom stereocenters. The number of para-hydroxylation sites is 1. The fourth-order valence-electron chi connectivity index (χ4n) is 4.06. The molecule has 2 N–H and O–H groups in total. The predicted octanol–water partition coefficient (Wildman–Crippen LogP) is 4.76. The van der Waals surface area contributed by atoms with Crippen molar-refractivity contribution in [3.05, 3.63) is 28.8 Å². The summed E-state index contributed by atoms with van der Waals surface area (Å²) in [6.45, 7) is 3.34. The second kappa shape index (κ2) is 7.02. The number of nitrogens with one attached hydrogen (secondary N) is 2. The fourth-order valence-corrected chi connectivity index (χ4v) is 4.34. The molecular weight excluding hydrogens is 280 g/mol. The highest BCUT2D eigenvalue weighted by Crippen LogP contribution is 2.35. The first-order valence-corrected chi connectivity index (χ1v) is 8.88. The number of aryl methyl sites for hydroxylation is 1. The molecule has 3 heteroatoms. The Morgan fingerprint density at radius 2 is 1.90 bits per heavy atom. The van der Waals surface area contributed by atoms with Gasteiger partial charge in [0.25, 0.3) is 0 Å². The molecule has 1 heterocycles. The van der Waals surface area contributed by atoms with Gasteiger partial charge in [0.2, 0.25) is 0 Å². The first-order valence-electron chi connectivity index (χ1n) is 8.51. The van der Waals surface area contributed by atoms with Crippen LogP contribution in [0, 0.1) is 12.8 Å². The highest BCUT2D eigenvalue weighted by atomic mass is 35.5. The van der Waals surface area contributed by atoms with Crippen molar-refractivity contribution in [2.45, 2.75) is 64.0 Å². The normalized spacial score (nSPS) is 30.1. The molecule has 1 aromatic carbocycles. The Balaban J connectivity index is 1.74. The van der Waals surface area contributed by atoms with Crippen LogP contribution in [0.15, 0.2) is 18.2 Å². The molecule has 0 radical (unpaired) electrons. The molecule has 1 aromatic rings. The summed E-state index contributed by atoms with van der Waals surface area (Å²) in [7, 11) is 0. The van der Waals surface area contributed by atoms with E-state index in [0.29, 0.717) is 12.1 Å². The lowest BCUT2D eigenvalue weighted by molar-refractivity contribution is 0.217. The van der Waals surface area contributed by atoms with Gasteiger partial charge < -0.3 is 10.6 Å². The Morgan fingerprint density at radius 1 is 1.10 bits per heavy atom. The minimum absolute atomic E-state index is 0.563. The molecule has 0 amide bonds. The molecule has 1 saturated carbocycles. The van der Waals surface area contributed by atoms with Crippen molar-refractivity contribution in [3.63, 3.8) is 0 Å². The average Bonchev–Trinajstić information content (AvgIpc) is 2.52. The first-order chi connectivity index (χ1) is 10.3. The van der Waals surface area contributed by atoms with Crippen LogP contribution in [0.2, 0.25) is 5.02 Å². The number of benzene rings is 1. The standard InChI is InChI=1S/C18H27ClN2/c1-13-7-6-9-15(19)18(13)21-17-11-3-2-8-14(17)16-10-4-5-12-20-16/h6-7,9,14,16-17,20-21H,2-5,8,10-12H2,1H3. The van der Waals surface area contributed by atoms with Crippen molar-refractivity contribution in [1.29, 1.82) is 0 Å². The smallest absolute Gasteiger partial charge is 0.0640 e. The summed E-state index contributed by atoms with van der Waals surface area (Å²) in [6, 6.07) is 7.43. The molecule has 1 saturated heterocycles. The summed E-state index contributed by atoms with van der Waals surface area (Å²) in [4.78, 5) is 0. The van der Waals surface area contributed by atoms with Gasteiger partial charge in [0.15, 0.2) is 0 Å². The average molecular weight is 307 g/mol. The molecule has 21 heavy (non-hydrogen) atoms. The lowest BCUT2D eigenvalue weighted by atomic mass is 9.77. The van der Waals surface area contributed by atoms with Gasteiger partial charge in [0.05, 0.1) is 10.7 Å². The lowest BCUT2D eigenvalue weighted by Crippen LogP contribution is -2.48. The molecular formula is C18H27ClN2. The van der Waals surface area contributed by atoms with Crippen molar-refractivity contribution in [3.8, 4) is 0 Å². The topological polar surface area (TPSA) is 24.1 Å². The third kappa shape index (κ3) is 3.54. The second-order valence-corrected chi connectivity index (χ2v) is 7.09. The molecule has 0 aromatic heterocycles. The van der Waals surface area contributed by atoms with Crippen LogP contribution in [-0.4, -0.2) is 18.6 Å². The molecule has 0 spiro atoms. The highest BCUT2D eigenvalue weighted by molar-refractivity contribution is 6.33. The van der Waals surface area contributed by atoms with Gasteiger partial charge in [-0.15, -0.1) is 0 Å². The zero-order valence-electron chi connectivity index (χ0n) is 13.0. The molecule has 3 rings (SSSR count). The maximum absolute atomic E-state index is 6.40. The molecule has 2 fully saturated rings. The Hall–Kier alpha value is -0.730. The molecule has 3 atom stereocenters. The van der Waals surface area contributed by atoms with Crippen LogP contribution in [0.4, 0.5) is 5.69 Å². The van der Waals surface area contributed by atoms with Crippen LogP contribution in [-0.2, 0) is 0 Å². The van der Waals surface area contributed by atoms with Crippen molar-refractivity contribution in [1.82, 2.24) is 5.32 Å². The summed E-state index contributed by atoms with van der Waals surface area (Å²) in [6.07, 6.45) is 9.39. The molecule has 116 valence electrons. The van der Waals surface area contributed by atoms with Crippen molar-refractivity contribution in [2.24, 2.45) is 5.92 Å². The van der Waals surface area contributed by atoms with Crippen LogP contribution in [0.5, 0.6) is 0 Å². The van der Waals surface area contributed by atoms with Crippen molar-refractivity contribution < 1.29 is 0 Å². The van der Waals surface area contributed by atoms with Crippen LogP contribution in [0.1, 0.15) is 50.5 Å². The van der Waals surface area contributed by atoms with Gasteiger partial charge in [-0.05, 0) is 56.7 Å². The van der Waals surface area contributed by atoms with Crippen LogP contribution < -0.4 is 10.6 Å². The number of hydrogen-bond donors (Lipinski definition) is 2. The van der Waals surface area contributed by atoms with Gasteiger partial charge >= 0.3 is 0 Å². The largest absolute Gasteiger partial charge is 0.381 e. The first kappa shape index (κ1) is 15.2. The van der Waals surface area contributed by atoms with E-state index in [1.54, 1.807) is 0 Å². The van der Waals surface area contributed by atoms with E-state index in [9.17, 15) is 0 Å². The van der Waals surface area contributed by atoms with E-state index in [2.05, 4.69) is 23.6 Å². The van der Waals surface area contributed by atoms with Gasteiger partial charge in [-0.2, -0.15) is 0 Å². The predicted molar refractivity (Wildman–Crippen MR) is 91.2 cm³/mol. The molecule has 1 aliphatic heterocycles. The minimum atomic E-state index is 0.563.